The summed E-state index contributed by atoms with van der Waals surface area (Å²) in [4.78, 5) is 19.8. The smallest absolute Gasteiger partial charge is 0.243 e. The number of likely N-dealkylation sites (tertiary alicyclic amines) is 1. The highest BCUT2D eigenvalue weighted by molar-refractivity contribution is 14.0. The molecule has 104 valence electrons. The number of nitrogens with zero attached hydrogens (tertiary/aromatic N) is 3. The molecule has 0 aromatic heterocycles. The Morgan fingerprint density at radius 3 is 2.44 bits per heavy atom. The first-order valence-corrected chi connectivity index (χ1v) is 6.43. The van der Waals surface area contributed by atoms with Gasteiger partial charge in [-0.2, -0.15) is 0 Å². The first kappa shape index (κ1) is 15.5. The predicted molar refractivity (Wildman–Crippen MR) is 83.4 cm³/mol. The molecule has 1 saturated carbocycles. The fourth-order valence-electron chi connectivity index (χ4n) is 1.86. The van der Waals surface area contributed by atoms with Crippen molar-refractivity contribution >= 4 is 35.8 Å². The number of hydrogen-bond acceptors (Lipinski definition) is 2. The number of carbonyl (C=O) groups excluding carboxylic acids is 1. The maximum absolute atomic E-state index is 11.5. The van der Waals surface area contributed by atoms with Gasteiger partial charge in [-0.3, -0.25) is 4.79 Å². The van der Waals surface area contributed by atoms with Crippen molar-refractivity contribution in [2.45, 2.75) is 31.7 Å². The molecule has 1 N–H and O–H groups in total. The van der Waals surface area contributed by atoms with E-state index in [1.165, 1.54) is 25.7 Å². The number of guanidine groups is 1. The maximum Gasteiger partial charge on any atom is 0.243 e. The summed E-state index contributed by atoms with van der Waals surface area (Å²) in [5, 5.41) is 3.43. The lowest BCUT2D eigenvalue weighted by Crippen LogP contribution is -2.41. The van der Waals surface area contributed by atoms with Crippen molar-refractivity contribution in [3.8, 4) is 0 Å². The van der Waals surface area contributed by atoms with E-state index in [1.807, 2.05) is 0 Å². The normalized spacial score (nSPS) is 19.4. The fourth-order valence-corrected chi connectivity index (χ4v) is 1.86. The molecule has 6 heteroatoms. The zero-order chi connectivity index (χ0) is 12.3. The van der Waals surface area contributed by atoms with E-state index in [2.05, 4.69) is 15.2 Å². The summed E-state index contributed by atoms with van der Waals surface area (Å²) in [7, 11) is 3.53. The number of rotatable bonds is 3. The Kier molecular flexibility index (Phi) is 6.17. The molecule has 0 aromatic rings. The molecule has 0 unspecified atom stereocenters. The molecule has 0 radical (unpaired) electrons. The Balaban J connectivity index is 0.00000162. The highest BCUT2D eigenvalue weighted by Gasteiger charge is 2.26. The number of aliphatic imine (C=N–C) groups is 1. The van der Waals surface area contributed by atoms with Gasteiger partial charge in [0.15, 0.2) is 5.96 Å². The minimum Gasteiger partial charge on any atom is -0.353 e. The average molecular weight is 366 g/mol. The minimum atomic E-state index is 0. The number of amides is 1. The van der Waals surface area contributed by atoms with E-state index in [0.29, 0.717) is 6.04 Å². The lowest BCUT2D eigenvalue weighted by molar-refractivity contribution is -0.127. The standard InChI is InChI=1S/C12H22N4O.HI/c1-15(2)11(17)9-13-12(14-10-5-6-10)16-7-3-4-8-16;/h10H,3-9H2,1-2H3,(H,13,14);1H. The lowest BCUT2D eigenvalue weighted by atomic mass is 10.4. The van der Waals surface area contributed by atoms with E-state index in [9.17, 15) is 4.79 Å². The molecule has 0 atom stereocenters. The molecular formula is C12H23IN4O. The van der Waals surface area contributed by atoms with Crippen LogP contribution in [0.3, 0.4) is 0 Å². The molecule has 1 aliphatic carbocycles. The third-order valence-electron chi connectivity index (χ3n) is 3.18. The quantitative estimate of drug-likeness (QED) is 0.459. The van der Waals surface area contributed by atoms with Crippen LogP contribution in [0.25, 0.3) is 0 Å². The van der Waals surface area contributed by atoms with Crippen LogP contribution in [0.15, 0.2) is 4.99 Å². The van der Waals surface area contributed by atoms with Crippen LogP contribution in [0.4, 0.5) is 0 Å². The van der Waals surface area contributed by atoms with Crippen molar-refractivity contribution < 1.29 is 4.79 Å². The zero-order valence-corrected chi connectivity index (χ0v) is 13.5. The van der Waals surface area contributed by atoms with Crippen LogP contribution in [0.1, 0.15) is 25.7 Å². The molecule has 2 aliphatic rings. The van der Waals surface area contributed by atoms with Crippen LogP contribution in [-0.2, 0) is 4.79 Å². The molecule has 1 amide bonds. The van der Waals surface area contributed by atoms with E-state index in [0.717, 1.165) is 19.0 Å². The van der Waals surface area contributed by atoms with Crippen molar-refractivity contribution in [3.63, 3.8) is 0 Å². The van der Waals surface area contributed by atoms with Crippen LogP contribution >= 0.6 is 24.0 Å². The summed E-state index contributed by atoms with van der Waals surface area (Å²) >= 11 is 0. The van der Waals surface area contributed by atoms with E-state index in [1.54, 1.807) is 19.0 Å². The van der Waals surface area contributed by atoms with Gasteiger partial charge < -0.3 is 15.1 Å². The highest BCUT2D eigenvalue weighted by Crippen LogP contribution is 2.19. The van der Waals surface area contributed by atoms with Crippen LogP contribution in [0, 0.1) is 0 Å². The van der Waals surface area contributed by atoms with E-state index < -0.39 is 0 Å². The summed E-state index contributed by atoms with van der Waals surface area (Å²) in [5.41, 5.74) is 0. The third-order valence-corrected chi connectivity index (χ3v) is 3.18. The second-order valence-corrected chi connectivity index (χ2v) is 5.04. The third kappa shape index (κ3) is 4.62. The number of carbonyl (C=O) groups is 1. The minimum absolute atomic E-state index is 0. The van der Waals surface area contributed by atoms with Crippen molar-refractivity contribution in [2.24, 2.45) is 4.99 Å². The molecule has 0 aromatic carbocycles. The molecule has 5 nitrogen and oxygen atoms in total. The Morgan fingerprint density at radius 1 is 1.33 bits per heavy atom. The van der Waals surface area contributed by atoms with Crippen molar-refractivity contribution in [1.82, 2.24) is 15.1 Å². The van der Waals surface area contributed by atoms with E-state index >= 15 is 0 Å². The summed E-state index contributed by atoms with van der Waals surface area (Å²) in [5.74, 6) is 0.986. The van der Waals surface area contributed by atoms with E-state index in [-0.39, 0.29) is 36.4 Å². The van der Waals surface area contributed by atoms with Gasteiger partial charge in [-0.05, 0) is 25.7 Å². The molecule has 18 heavy (non-hydrogen) atoms. The molecule has 1 saturated heterocycles. The van der Waals surface area contributed by atoms with Gasteiger partial charge in [0.1, 0.15) is 6.54 Å². The van der Waals surface area contributed by atoms with Gasteiger partial charge in [-0.1, -0.05) is 0 Å². The monoisotopic (exact) mass is 366 g/mol. The van der Waals surface area contributed by atoms with Crippen molar-refractivity contribution in [2.75, 3.05) is 33.7 Å². The van der Waals surface area contributed by atoms with Crippen molar-refractivity contribution in [3.05, 3.63) is 0 Å². The maximum atomic E-state index is 11.5. The number of hydrogen-bond donors (Lipinski definition) is 1. The van der Waals surface area contributed by atoms with E-state index in [4.69, 9.17) is 0 Å². The number of likely N-dealkylation sites (N-methyl/N-ethyl adjacent to an activating group) is 1. The molecular weight excluding hydrogens is 343 g/mol. The highest BCUT2D eigenvalue weighted by atomic mass is 127. The Hall–Kier alpha value is -0.530. The van der Waals surface area contributed by atoms with Gasteiger partial charge in [0.25, 0.3) is 0 Å². The van der Waals surface area contributed by atoms with Gasteiger partial charge >= 0.3 is 0 Å². The topological polar surface area (TPSA) is 47.9 Å². The molecule has 2 fully saturated rings. The fraction of sp³-hybridized carbons (Fsp3) is 0.833. The van der Waals surface area contributed by atoms with Crippen LogP contribution in [0.2, 0.25) is 0 Å². The number of nitrogens with one attached hydrogen (secondary N) is 1. The van der Waals surface area contributed by atoms with Crippen LogP contribution < -0.4 is 5.32 Å². The molecule has 1 heterocycles. The predicted octanol–water partition coefficient (Wildman–Crippen LogP) is 0.896. The second-order valence-electron chi connectivity index (χ2n) is 5.04. The Morgan fingerprint density at radius 2 is 1.94 bits per heavy atom. The van der Waals surface area contributed by atoms with Crippen LogP contribution in [-0.4, -0.2) is 61.4 Å². The summed E-state index contributed by atoms with van der Waals surface area (Å²) in [6, 6.07) is 0.587. The molecule has 0 spiro atoms. The van der Waals surface area contributed by atoms with Gasteiger partial charge in [-0.15, -0.1) is 24.0 Å². The summed E-state index contributed by atoms with van der Waals surface area (Å²) in [6.07, 6.45) is 4.92. The van der Waals surface area contributed by atoms with Crippen molar-refractivity contribution in [1.29, 1.82) is 0 Å². The second kappa shape index (κ2) is 7.16. The summed E-state index contributed by atoms with van der Waals surface area (Å²) < 4.78 is 0. The Bertz CT molecular complexity index is 309. The van der Waals surface area contributed by atoms with Gasteiger partial charge in [0.05, 0.1) is 0 Å². The molecule has 2 rings (SSSR count). The summed E-state index contributed by atoms with van der Waals surface area (Å²) in [6.45, 7) is 2.38. The lowest BCUT2D eigenvalue weighted by Gasteiger charge is -2.21. The van der Waals surface area contributed by atoms with Crippen LogP contribution in [0.5, 0.6) is 0 Å². The van der Waals surface area contributed by atoms with Gasteiger partial charge in [0.2, 0.25) is 5.91 Å². The first-order chi connectivity index (χ1) is 8.16. The molecule has 0 bridgehead atoms. The first-order valence-electron chi connectivity index (χ1n) is 6.43. The Labute approximate surface area is 126 Å². The average Bonchev–Trinajstić information content (AvgIpc) is 2.94. The van der Waals surface area contributed by atoms with Gasteiger partial charge in [-0.25, -0.2) is 4.99 Å². The zero-order valence-electron chi connectivity index (χ0n) is 11.2. The number of halogens is 1. The SMILES string of the molecule is CN(C)C(=O)CN=C(NC1CC1)N1CCCC1.I. The van der Waals surface area contributed by atoms with Gasteiger partial charge in [0, 0.05) is 33.2 Å². The largest absolute Gasteiger partial charge is 0.353 e. The molecule has 1 aliphatic heterocycles.